The van der Waals surface area contributed by atoms with Gasteiger partial charge in [-0.2, -0.15) is 0 Å². The Labute approximate surface area is 59.1 Å². The van der Waals surface area contributed by atoms with Crippen molar-refractivity contribution < 1.29 is 0 Å². The van der Waals surface area contributed by atoms with Crippen LogP contribution in [0.15, 0.2) is 0 Å². The van der Waals surface area contributed by atoms with E-state index in [1.807, 2.05) is 0 Å². The number of nitrogens with zero attached hydrogens (tertiary/aromatic N) is 1. The van der Waals surface area contributed by atoms with Crippen LogP contribution in [-0.4, -0.2) is 25.0 Å². The zero-order valence-electron chi connectivity index (χ0n) is 7.31. The van der Waals surface area contributed by atoms with E-state index in [0.717, 1.165) is 12.0 Å². The lowest BCUT2D eigenvalue weighted by atomic mass is 10.0. The minimum atomic E-state index is 0.755. The molecule has 0 aromatic heterocycles. The Hall–Kier alpha value is -0.0400. The zero-order valence-corrected chi connectivity index (χ0v) is 7.31. The number of hydrogen-bond donors (Lipinski definition) is 0. The Morgan fingerprint density at radius 2 is 1.67 bits per heavy atom. The molecule has 0 aliphatic heterocycles. The van der Waals surface area contributed by atoms with Crippen molar-refractivity contribution in [2.24, 2.45) is 5.92 Å². The van der Waals surface area contributed by atoms with Crippen molar-refractivity contribution in [1.29, 1.82) is 0 Å². The van der Waals surface area contributed by atoms with Gasteiger partial charge in [-0.1, -0.05) is 20.8 Å². The second kappa shape index (κ2) is 3.89. The minimum absolute atomic E-state index is 0.755. The first kappa shape index (κ1) is 8.96. The van der Waals surface area contributed by atoms with Gasteiger partial charge in [0.05, 0.1) is 0 Å². The maximum atomic E-state index is 2.30. The maximum Gasteiger partial charge on any atom is 0.0109 e. The average molecular weight is 129 g/mol. The van der Waals surface area contributed by atoms with Gasteiger partial charge in [0.25, 0.3) is 0 Å². The molecule has 1 heteroatoms. The second-order valence-corrected chi connectivity index (χ2v) is 3.18. The van der Waals surface area contributed by atoms with E-state index in [0.29, 0.717) is 0 Å². The van der Waals surface area contributed by atoms with Gasteiger partial charge in [0.15, 0.2) is 0 Å². The smallest absolute Gasteiger partial charge is 0.0109 e. The first-order chi connectivity index (χ1) is 4.09. The topological polar surface area (TPSA) is 3.24 Å². The van der Waals surface area contributed by atoms with Crippen molar-refractivity contribution in [2.75, 3.05) is 14.1 Å². The third kappa shape index (κ3) is 2.85. The quantitative estimate of drug-likeness (QED) is 0.563. The van der Waals surface area contributed by atoms with Crippen molar-refractivity contribution in [1.82, 2.24) is 4.90 Å². The van der Waals surface area contributed by atoms with Gasteiger partial charge in [-0.25, -0.2) is 0 Å². The molecule has 1 atom stereocenters. The molecule has 0 aromatic rings. The van der Waals surface area contributed by atoms with Gasteiger partial charge in [-0.3, -0.25) is 0 Å². The van der Waals surface area contributed by atoms with Crippen LogP contribution in [0.25, 0.3) is 0 Å². The lowest BCUT2D eigenvalue weighted by Crippen LogP contribution is -2.31. The normalized spacial score (nSPS) is 15.0. The van der Waals surface area contributed by atoms with Crippen LogP contribution >= 0.6 is 0 Å². The van der Waals surface area contributed by atoms with E-state index >= 15 is 0 Å². The predicted octanol–water partition coefficient (Wildman–Crippen LogP) is 1.98. The summed E-state index contributed by atoms with van der Waals surface area (Å²) in [5.41, 5.74) is 0. The summed E-state index contributed by atoms with van der Waals surface area (Å²) in [6, 6.07) is 0.755. The summed E-state index contributed by atoms with van der Waals surface area (Å²) >= 11 is 0. The summed E-state index contributed by atoms with van der Waals surface area (Å²) in [5, 5.41) is 0. The molecule has 0 saturated heterocycles. The van der Waals surface area contributed by atoms with Crippen molar-refractivity contribution in [3.63, 3.8) is 0 Å². The van der Waals surface area contributed by atoms with E-state index < -0.39 is 0 Å². The summed E-state index contributed by atoms with van der Waals surface area (Å²) in [5.74, 6) is 0.782. The molecule has 0 heterocycles. The summed E-state index contributed by atoms with van der Waals surface area (Å²) < 4.78 is 0. The molecule has 0 spiro atoms. The Morgan fingerprint density at radius 3 is 1.67 bits per heavy atom. The molecule has 0 saturated carbocycles. The van der Waals surface area contributed by atoms with Crippen LogP contribution in [0.4, 0.5) is 0 Å². The highest BCUT2D eigenvalue weighted by atomic mass is 15.1. The van der Waals surface area contributed by atoms with Crippen molar-refractivity contribution in [2.45, 2.75) is 33.2 Å². The van der Waals surface area contributed by atoms with Crippen molar-refractivity contribution >= 4 is 0 Å². The largest absolute Gasteiger partial charge is 0.306 e. The molecular formula is C8H19N. The van der Waals surface area contributed by atoms with Gasteiger partial charge >= 0.3 is 0 Å². The standard InChI is InChI=1S/C8H19N/c1-6-8(7(2)3)9(4)5/h7-8H,6H2,1-5H3/t8-/m1/s1. The van der Waals surface area contributed by atoms with Gasteiger partial charge in [0, 0.05) is 6.04 Å². The van der Waals surface area contributed by atoms with Gasteiger partial charge in [0.1, 0.15) is 0 Å². The molecule has 0 aromatic carbocycles. The number of rotatable bonds is 3. The molecule has 9 heavy (non-hydrogen) atoms. The molecule has 0 N–H and O–H groups in total. The average Bonchev–Trinajstić information content (AvgIpc) is 1.64. The van der Waals surface area contributed by atoms with Crippen LogP contribution in [0.1, 0.15) is 27.2 Å². The van der Waals surface area contributed by atoms with Gasteiger partial charge in [-0.15, -0.1) is 0 Å². The first-order valence-corrected chi connectivity index (χ1v) is 3.76. The van der Waals surface area contributed by atoms with E-state index in [1.54, 1.807) is 0 Å². The molecule has 0 unspecified atom stereocenters. The lowest BCUT2D eigenvalue weighted by molar-refractivity contribution is 0.225. The Balaban J connectivity index is 3.68. The lowest BCUT2D eigenvalue weighted by Gasteiger charge is -2.26. The summed E-state index contributed by atoms with van der Waals surface area (Å²) in [6.45, 7) is 6.78. The molecule has 0 radical (unpaired) electrons. The van der Waals surface area contributed by atoms with Gasteiger partial charge in [-0.05, 0) is 26.4 Å². The van der Waals surface area contributed by atoms with Gasteiger partial charge < -0.3 is 4.90 Å². The highest BCUT2D eigenvalue weighted by Gasteiger charge is 2.11. The molecule has 0 aliphatic carbocycles. The molecule has 0 fully saturated rings. The van der Waals surface area contributed by atoms with E-state index in [-0.39, 0.29) is 0 Å². The highest BCUT2D eigenvalue weighted by molar-refractivity contribution is 4.66. The Morgan fingerprint density at radius 1 is 1.22 bits per heavy atom. The van der Waals surface area contributed by atoms with Crippen LogP contribution in [0.3, 0.4) is 0 Å². The third-order valence-electron chi connectivity index (χ3n) is 1.85. The zero-order chi connectivity index (χ0) is 7.44. The van der Waals surface area contributed by atoms with Crippen molar-refractivity contribution in [3.05, 3.63) is 0 Å². The summed E-state index contributed by atoms with van der Waals surface area (Å²) in [4.78, 5) is 2.30. The molecule has 0 amide bonds. The van der Waals surface area contributed by atoms with E-state index in [2.05, 4.69) is 39.8 Å². The monoisotopic (exact) mass is 129 g/mol. The fourth-order valence-electron chi connectivity index (χ4n) is 1.43. The number of hydrogen-bond acceptors (Lipinski definition) is 1. The van der Waals surface area contributed by atoms with E-state index in [4.69, 9.17) is 0 Å². The van der Waals surface area contributed by atoms with Crippen LogP contribution < -0.4 is 0 Å². The Bertz CT molecular complexity index is 59.0. The van der Waals surface area contributed by atoms with Crippen LogP contribution in [0.2, 0.25) is 0 Å². The highest BCUT2D eigenvalue weighted by Crippen LogP contribution is 2.09. The van der Waals surface area contributed by atoms with Crippen LogP contribution in [0.5, 0.6) is 0 Å². The fourth-order valence-corrected chi connectivity index (χ4v) is 1.43. The van der Waals surface area contributed by atoms with Crippen molar-refractivity contribution in [3.8, 4) is 0 Å². The molecule has 0 rings (SSSR count). The molecule has 0 aliphatic rings. The Kier molecular flexibility index (Phi) is 3.87. The second-order valence-electron chi connectivity index (χ2n) is 3.18. The first-order valence-electron chi connectivity index (χ1n) is 3.76. The van der Waals surface area contributed by atoms with E-state index in [9.17, 15) is 0 Å². The summed E-state index contributed by atoms with van der Waals surface area (Å²) in [7, 11) is 4.29. The van der Waals surface area contributed by atoms with Gasteiger partial charge in [0.2, 0.25) is 0 Å². The molecule has 56 valence electrons. The fraction of sp³-hybridized carbons (Fsp3) is 1.00. The molecule has 1 nitrogen and oxygen atoms in total. The summed E-state index contributed by atoms with van der Waals surface area (Å²) in [6.07, 6.45) is 1.25. The van der Waals surface area contributed by atoms with Crippen LogP contribution in [-0.2, 0) is 0 Å². The molecule has 0 bridgehead atoms. The van der Waals surface area contributed by atoms with E-state index in [1.165, 1.54) is 6.42 Å². The van der Waals surface area contributed by atoms with Crippen LogP contribution in [0, 0.1) is 5.92 Å². The third-order valence-corrected chi connectivity index (χ3v) is 1.85. The maximum absolute atomic E-state index is 2.30. The predicted molar refractivity (Wildman–Crippen MR) is 42.6 cm³/mol. The molecular weight excluding hydrogens is 110 g/mol. The SMILES string of the molecule is CC[C@H](C(C)C)N(C)C. The minimum Gasteiger partial charge on any atom is -0.306 e.